The fraction of sp³-hybridized carbons (Fsp3) is 0.833. The van der Waals surface area contributed by atoms with E-state index in [-0.39, 0.29) is 0 Å². The van der Waals surface area contributed by atoms with Gasteiger partial charge in [-0.15, -0.1) is 0 Å². The van der Waals surface area contributed by atoms with Gasteiger partial charge in [-0.05, 0) is 24.9 Å². The van der Waals surface area contributed by atoms with Crippen LogP contribution in [0.3, 0.4) is 0 Å². The highest BCUT2D eigenvalue weighted by molar-refractivity contribution is 6.64. The molecule has 0 aliphatic heterocycles. The smallest absolute Gasteiger partial charge is 0.191 e. The van der Waals surface area contributed by atoms with Gasteiger partial charge < -0.3 is 5.32 Å². The lowest BCUT2D eigenvalue weighted by molar-refractivity contribution is 0.715. The third kappa shape index (κ3) is 4.28. The zero-order valence-corrected chi connectivity index (χ0v) is 6.87. The van der Waals surface area contributed by atoms with Crippen molar-refractivity contribution in [3.05, 3.63) is 0 Å². The summed E-state index contributed by atoms with van der Waals surface area (Å²) in [5.41, 5.74) is 0. The number of aliphatic imine (C=N–C) groups is 1. The molecule has 0 aliphatic rings. The quantitative estimate of drug-likeness (QED) is 0.359. The maximum absolute atomic E-state index is 5.58. The van der Waals surface area contributed by atoms with E-state index in [9.17, 15) is 0 Å². The van der Waals surface area contributed by atoms with Gasteiger partial charge in [0.25, 0.3) is 0 Å². The minimum absolute atomic E-state index is 0.324. The molecule has 0 saturated heterocycles. The third-order valence-electron chi connectivity index (χ3n) is 1.13. The molecular formula is C6H13ClN2. The number of amidine groups is 1. The number of halogens is 1. The molecule has 1 N–H and O–H groups in total. The highest BCUT2D eigenvalue weighted by Crippen LogP contribution is 1.95. The number of hydrogen-bond donors (Lipinski definition) is 1. The van der Waals surface area contributed by atoms with Crippen molar-refractivity contribution in [2.24, 2.45) is 4.99 Å². The number of hydrogen-bond acceptors (Lipinski definition) is 1. The lowest BCUT2D eigenvalue weighted by Crippen LogP contribution is -2.13. The Morgan fingerprint density at radius 3 is 2.67 bits per heavy atom. The average Bonchev–Trinajstić information content (AvgIpc) is 1.87. The van der Waals surface area contributed by atoms with E-state index in [0.29, 0.717) is 11.3 Å². The summed E-state index contributed by atoms with van der Waals surface area (Å²) in [6.07, 6.45) is 1.03. The minimum Gasteiger partial charge on any atom is -0.364 e. The van der Waals surface area contributed by atoms with E-state index in [2.05, 4.69) is 17.2 Å². The van der Waals surface area contributed by atoms with E-state index in [1.807, 2.05) is 6.92 Å². The Balaban J connectivity index is 3.64. The molecule has 0 aliphatic carbocycles. The fourth-order valence-corrected chi connectivity index (χ4v) is 0.516. The van der Waals surface area contributed by atoms with E-state index in [0.717, 1.165) is 6.42 Å². The van der Waals surface area contributed by atoms with Crippen LogP contribution in [0.5, 0.6) is 0 Å². The first-order valence-corrected chi connectivity index (χ1v) is 3.49. The maximum Gasteiger partial charge on any atom is 0.191 e. The molecule has 0 aromatic heterocycles. The van der Waals surface area contributed by atoms with Gasteiger partial charge in [-0.1, -0.05) is 6.92 Å². The van der Waals surface area contributed by atoms with Crippen LogP contribution in [0.1, 0.15) is 20.3 Å². The number of nitrogens with zero attached hydrogens (tertiary/aromatic N) is 1. The van der Waals surface area contributed by atoms with Crippen LogP contribution in [-0.4, -0.2) is 18.4 Å². The third-order valence-corrected chi connectivity index (χ3v) is 1.42. The van der Waals surface area contributed by atoms with E-state index >= 15 is 0 Å². The van der Waals surface area contributed by atoms with Crippen molar-refractivity contribution >= 4 is 16.9 Å². The summed E-state index contributed by atoms with van der Waals surface area (Å²) in [4.78, 5) is 4.08. The predicted molar refractivity (Wildman–Crippen MR) is 42.1 cm³/mol. The first kappa shape index (κ1) is 8.76. The molecule has 0 rings (SSSR count). The molecular weight excluding hydrogens is 136 g/mol. The van der Waals surface area contributed by atoms with Gasteiger partial charge in [0.2, 0.25) is 0 Å². The topological polar surface area (TPSA) is 24.4 Å². The van der Waals surface area contributed by atoms with E-state index in [1.54, 1.807) is 7.05 Å². The van der Waals surface area contributed by atoms with Crippen LogP contribution in [0.2, 0.25) is 0 Å². The van der Waals surface area contributed by atoms with E-state index < -0.39 is 0 Å². The van der Waals surface area contributed by atoms with Gasteiger partial charge in [-0.2, -0.15) is 0 Å². The highest BCUT2D eigenvalue weighted by Gasteiger charge is 1.94. The van der Waals surface area contributed by atoms with Crippen LogP contribution in [-0.2, 0) is 0 Å². The van der Waals surface area contributed by atoms with Gasteiger partial charge in [-0.25, -0.2) is 0 Å². The minimum atomic E-state index is 0.324. The monoisotopic (exact) mass is 148 g/mol. The number of nitrogens with one attached hydrogen (secondary N) is 1. The number of rotatable bonds is 2. The summed E-state index contributed by atoms with van der Waals surface area (Å²) in [6.45, 7) is 4.10. The van der Waals surface area contributed by atoms with Gasteiger partial charge in [0, 0.05) is 7.05 Å². The molecule has 1 atom stereocenters. The second-order valence-electron chi connectivity index (χ2n) is 1.93. The van der Waals surface area contributed by atoms with Gasteiger partial charge >= 0.3 is 0 Å². The van der Waals surface area contributed by atoms with Crippen molar-refractivity contribution in [1.29, 1.82) is 0 Å². The van der Waals surface area contributed by atoms with Gasteiger partial charge in [-0.3, -0.25) is 4.99 Å². The first-order valence-electron chi connectivity index (χ1n) is 3.11. The molecule has 0 bridgehead atoms. The van der Waals surface area contributed by atoms with Crippen molar-refractivity contribution in [3.8, 4) is 0 Å². The standard InChI is InChI=1S/C6H13ClN2/c1-4-5(2)9-6(7)8-3/h5H,4H2,1-3H3,(H,8,9). The molecule has 0 fully saturated rings. The van der Waals surface area contributed by atoms with Crippen LogP contribution in [0.4, 0.5) is 0 Å². The molecule has 54 valence electrons. The Morgan fingerprint density at radius 2 is 2.33 bits per heavy atom. The Kier molecular flexibility index (Phi) is 4.50. The Hall–Kier alpha value is -0.240. The summed E-state index contributed by atoms with van der Waals surface area (Å²) in [5.74, 6) is 0. The Morgan fingerprint density at radius 1 is 1.78 bits per heavy atom. The van der Waals surface area contributed by atoms with Crippen LogP contribution in [0.25, 0.3) is 0 Å². The summed E-state index contributed by atoms with van der Waals surface area (Å²) in [5, 5.41) is 3.24. The van der Waals surface area contributed by atoms with Crippen molar-refractivity contribution in [2.45, 2.75) is 26.3 Å². The zero-order valence-electron chi connectivity index (χ0n) is 6.11. The molecule has 0 amide bonds. The van der Waals surface area contributed by atoms with Gasteiger partial charge in [0.05, 0.1) is 6.04 Å². The van der Waals surface area contributed by atoms with Gasteiger partial charge in [0.15, 0.2) is 5.29 Å². The first-order chi connectivity index (χ1) is 4.20. The summed E-state index contributed by atoms with van der Waals surface area (Å²) < 4.78 is 0. The Labute approximate surface area is 61.3 Å². The van der Waals surface area contributed by atoms with Crippen molar-refractivity contribution in [2.75, 3.05) is 7.05 Å². The molecule has 0 heterocycles. The summed E-state index contributed by atoms with van der Waals surface area (Å²) in [7, 11) is 1.76. The van der Waals surface area contributed by atoms with Crippen molar-refractivity contribution in [3.63, 3.8) is 0 Å². The molecule has 2 nitrogen and oxygen atoms in total. The lowest BCUT2D eigenvalue weighted by atomic mass is 10.3. The molecule has 1 unspecified atom stereocenters. The largest absolute Gasteiger partial charge is 0.364 e. The van der Waals surface area contributed by atoms with Crippen LogP contribution < -0.4 is 5.32 Å². The Bertz CT molecular complexity index is 101. The van der Waals surface area contributed by atoms with Crippen LogP contribution >= 0.6 is 11.6 Å². The van der Waals surface area contributed by atoms with Crippen molar-refractivity contribution in [1.82, 2.24) is 5.32 Å². The predicted octanol–water partition coefficient (Wildman–Crippen LogP) is 1.60. The van der Waals surface area contributed by atoms with Crippen molar-refractivity contribution < 1.29 is 0 Å². The zero-order chi connectivity index (χ0) is 7.28. The maximum atomic E-state index is 5.58. The van der Waals surface area contributed by atoms with E-state index in [1.165, 1.54) is 0 Å². The molecule has 3 heteroatoms. The second-order valence-corrected chi connectivity index (χ2v) is 2.29. The van der Waals surface area contributed by atoms with E-state index in [4.69, 9.17) is 11.6 Å². The van der Waals surface area contributed by atoms with Gasteiger partial charge in [0.1, 0.15) is 0 Å². The lowest BCUT2D eigenvalue weighted by Gasteiger charge is -2.01. The SMILES string of the molecule is CCC(C)/N=C(/Cl)NC. The molecule has 9 heavy (non-hydrogen) atoms. The molecule has 0 radical (unpaired) electrons. The molecule has 0 spiro atoms. The van der Waals surface area contributed by atoms with Crippen LogP contribution in [0, 0.1) is 0 Å². The highest BCUT2D eigenvalue weighted by atomic mass is 35.5. The normalized spacial score (nSPS) is 15.3. The fourth-order valence-electron chi connectivity index (χ4n) is 0.349. The average molecular weight is 149 g/mol. The molecule has 0 aromatic carbocycles. The molecule has 0 saturated carbocycles. The molecule has 0 aromatic rings. The second kappa shape index (κ2) is 4.62. The summed E-state index contributed by atoms with van der Waals surface area (Å²) in [6, 6.07) is 0.324. The summed E-state index contributed by atoms with van der Waals surface area (Å²) >= 11 is 5.58. The van der Waals surface area contributed by atoms with Crippen LogP contribution in [0.15, 0.2) is 4.99 Å².